The first-order valence-electron chi connectivity index (χ1n) is 7.02. The van der Waals surface area contributed by atoms with Gasteiger partial charge in [-0.1, -0.05) is 13.8 Å². The summed E-state index contributed by atoms with van der Waals surface area (Å²) >= 11 is 0. The first-order chi connectivity index (χ1) is 8.72. The van der Waals surface area contributed by atoms with Crippen LogP contribution in [0.5, 0.6) is 0 Å². The van der Waals surface area contributed by atoms with Gasteiger partial charge in [0.25, 0.3) is 0 Å². The summed E-state index contributed by atoms with van der Waals surface area (Å²) in [6, 6.07) is 0.633. The van der Waals surface area contributed by atoms with Crippen LogP contribution in [0.2, 0.25) is 0 Å². The second-order valence-electron chi connectivity index (χ2n) is 4.67. The van der Waals surface area contributed by atoms with Crippen molar-refractivity contribution in [1.29, 1.82) is 0 Å². The molecule has 18 heavy (non-hydrogen) atoms. The number of ether oxygens (including phenoxy) is 1. The molecule has 106 valence electrons. The van der Waals surface area contributed by atoms with Gasteiger partial charge < -0.3 is 20.3 Å². The van der Waals surface area contributed by atoms with E-state index in [2.05, 4.69) is 18.7 Å². The first-order valence-corrected chi connectivity index (χ1v) is 7.02. The highest BCUT2D eigenvalue weighted by Gasteiger charge is 2.25. The summed E-state index contributed by atoms with van der Waals surface area (Å²) in [5.74, 6) is 0.0986. The molecular formula is C13H27N3O2. The van der Waals surface area contributed by atoms with E-state index in [0.717, 1.165) is 39.0 Å². The number of amides is 1. The fraction of sp³-hybridized carbons (Fsp3) is 0.923. The molecule has 1 aliphatic heterocycles. The molecule has 0 saturated carbocycles. The number of rotatable bonds is 7. The van der Waals surface area contributed by atoms with Crippen molar-refractivity contribution in [3.63, 3.8) is 0 Å². The van der Waals surface area contributed by atoms with Crippen molar-refractivity contribution in [2.24, 2.45) is 5.73 Å². The Kier molecular flexibility index (Phi) is 7.23. The molecule has 5 heteroatoms. The topological polar surface area (TPSA) is 58.8 Å². The second kappa shape index (κ2) is 8.45. The molecule has 0 aromatic heterocycles. The summed E-state index contributed by atoms with van der Waals surface area (Å²) in [7, 11) is 0. The Balaban J connectivity index is 2.27. The zero-order chi connectivity index (χ0) is 13.4. The highest BCUT2D eigenvalue weighted by molar-refractivity contribution is 5.77. The van der Waals surface area contributed by atoms with Gasteiger partial charge >= 0.3 is 0 Å². The molecule has 0 spiro atoms. The van der Waals surface area contributed by atoms with Crippen LogP contribution in [0.25, 0.3) is 0 Å². The molecule has 0 aromatic carbocycles. The summed E-state index contributed by atoms with van der Waals surface area (Å²) in [4.78, 5) is 16.2. The van der Waals surface area contributed by atoms with Crippen molar-refractivity contribution in [3.8, 4) is 0 Å². The van der Waals surface area contributed by atoms with Crippen LogP contribution in [0.3, 0.4) is 0 Å². The molecule has 1 heterocycles. The van der Waals surface area contributed by atoms with Crippen LogP contribution < -0.4 is 5.73 Å². The molecule has 0 atom stereocenters. The molecule has 5 nitrogen and oxygen atoms in total. The average molecular weight is 257 g/mol. The zero-order valence-electron chi connectivity index (χ0n) is 11.7. The molecule has 0 bridgehead atoms. The number of nitrogens with two attached hydrogens (primary N) is 1. The fourth-order valence-corrected chi connectivity index (χ4v) is 2.55. The van der Waals surface area contributed by atoms with E-state index in [-0.39, 0.29) is 12.5 Å². The molecule has 0 radical (unpaired) electrons. The lowest BCUT2D eigenvalue weighted by molar-refractivity contribution is -0.137. The molecule has 1 amide bonds. The molecule has 1 saturated heterocycles. The fourth-order valence-electron chi connectivity index (χ4n) is 2.55. The number of hydrogen-bond donors (Lipinski definition) is 1. The van der Waals surface area contributed by atoms with Crippen molar-refractivity contribution in [1.82, 2.24) is 9.80 Å². The molecule has 1 aliphatic rings. The van der Waals surface area contributed by atoms with Crippen LogP contribution in [0.1, 0.15) is 26.7 Å². The molecule has 0 unspecified atom stereocenters. The molecule has 1 fully saturated rings. The third kappa shape index (κ3) is 4.55. The Hall–Kier alpha value is -0.650. The van der Waals surface area contributed by atoms with Gasteiger partial charge in [0.15, 0.2) is 0 Å². The van der Waals surface area contributed by atoms with Gasteiger partial charge in [-0.15, -0.1) is 0 Å². The Labute approximate surface area is 110 Å². The number of hydrogen-bond acceptors (Lipinski definition) is 4. The van der Waals surface area contributed by atoms with Gasteiger partial charge in [0.05, 0.1) is 6.61 Å². The average Bonchev–Trinajstić information content (AvgIpc) is 2.41. The molecular weight excluding hydrogens is 230 g/mol. The van der Waals surface area contributed by atoms with Crippen LogP contribution in [-0.4, -0.2) is 67.7 Å². The Morgan fingerprint density at radius 2 is 1.94 bits per heavy atom. The Morgan fingerprint density at radius 1 is 1.33 bits per heavy atom. The van der Waals surface area contributed by atoms with Gasteiger partial charge in [0.1, 0.15) is 6.61 Å². The molecule has 0 aliphatic carbocycles. The zero-order valence-corrected chi connectivity index (χ0v) is 11.7. The van der Waals surface area contributed by atoms with Crippen LogP contribution in [0.15, 0.2) is 0 Å². The van der Waals surface area contributed by atoms with Gasteiger partial charge in [-0.05, 0) is 25.9 Å². The van der Waals surface area contributed by atoms with Gasteiger partial charge in [-0.2, -0.15) is 0 Å². The predicted octanol–water partition coefficient (Wildman–Crippen LogP) is 0.295. The monoisotopic (exact) mass is 257 g/mol. The van der Waals surface area contributed by atoms with Crippen molar-refractivity contribution >= 4 is 5.91 Å². The maximum atomic E-state index is 11.8. The minimum Gasteiger partial charge on any atom is -0.370 e. The highest BCUT2D eigenvalue weighted by atomic mass is 16.5. The minimum atomic E-state index is 0.0986. The smallest absolute Gasteiger partial charge is 0.248 e. The summed E-state index contributed by atoms with van der Waals surface area (Å²) in [6.07, 6.45) is 2.15. The number of likely N-dealkylation sites (tertiary alicyclic amines) is 1. The third-order valence-electron chi connectivity index (χ3n) is 3.63. The van der Waals surface area contributed by atoms with Crippen molar-refractivity contribution in [3.05, 3.63) is 0 Å². The van der Waals surface area contributed by atoms with Crippen molar-refractivity contribution < 1.29 is 9.53 Å². The van der Waals surface area contributed by atoms with Crippen LogP contribution in [0, 0.1) is 0 Å². The van der Waals surface area contributed by atoms with Gasteiger partial charge in [-0.25, -0.2) is 0 Å². The normalized spacial score (nSPS) is 17.4. The highest BCUT2D eigenvalue weighted by Crippen LogP contribution is 2.16. The molecule has 1 rings (SSSR count). The van der Waals surface area contributed by atoms with Gasteiger partial charge in [0.2, 0.25) is 5.91 Å². The van der Waals surface area contributed by atoms with E-state index in [1.807, 2.05) is 4.90 Å². The van der Waals surface area contributed by atoms with Crippen LogP contribution >= 0.6 is 0 Å². The quantitative estimate of drug-likeness (QED) is 0.666. The van der Waals surface area contributed by atoms with E-state index in [1.54, 1.807) is 0 Å². The van der Waals surface area contributed by atoms with Gasteiger partial charge in [-0.3, -0.25) is 4.79 Å². The van der Waals surface area contributed by atoms with E-state index in [4.69, 9.17) is 10.5 Å². The minimum absolute atomic E-state index is 0.0986. The summed E-state index contributed by atoms with van der Waals surface area (Å²) in [5.41, 5.74) is 5.32. The lowest BCUT2D eigenvalue weighted by Gasteiger charge is -2.37. The third-order valence-corrected chi connectivity index (χ3v) is 3.63. The number of carbonyl (C=O) groups is 1. The Morgan fingerprint density at radius 3 is 2.44 bits per heavy atom. The van der Waals surface area contributed by atoms with Crippen LogP contribution in [-0.2, 0) is 9.53 Å². The summed E-state index contributed by atoms with van der Waals surface area (Å²) < 4.78 is 5.19. The second-order valence-corrected chi connectivity index (χ2v) is 4.67. The summed E-state index contributed by atoms with van der Waals surface area (Å²) in [6.45, 7) is 9.39. The molecule has 2 N–H and O–H groups in total. The van der Waals surface area contributed by atoms with Gasteiger partial charge in [0, 0.05) is 25.7 Å². The number of carbonyl (C=O) groups excluding carboxylic acids is 1. The van der Waals surface area contributed by atoms with Crippen molar-refractivity contribution in [2.45, 2.75) is 32.7 Å². The van der Waals surface area contributed by atoms with Crippen LogP contribution in [0.4, 0.5) is 0 Å². The van der Waals surface area contributed by atoms with Crippen molar-refractivity contribution in [2.75, 3.05) is 45.9 Å². The summed E-state index contributed by atoms with van der Waals surface area (Å²) in [5, 5.41) is 0. The lowest BCUT2D eigenvalue weighted by atomic mass is 10.0. The maximum Gasteiger partial charge on any atom is 0.248 e. The standard InChI is InChI=1S/C13H27N3O2/c1-3-15(4-2)12-5-8-16(9-6-12)13(17)11-18-10-7-14/h12H,3-11,14H2,1-2H3. The van der Waals surface area contributed by atoms with E-state index >= 15 is 0 Å². The Bertz CT molecular complexity index is 236. The maximum absolute atomic E-state index is 11.8. The lowest BCUT2D eigenvalue weighted by Crippen LogP contribution is -2.47. The number of piperidine rings is 1. The predicted molar refractivity (Wildman–Crippen MR) is 72.4 cm³/mol. The largest absolute Gasteiger partial charge is 0.370 e. The van der Waals surface area contributed by atoms with E-state index < -0.39 is 0 Å². The van der Waals surface area contributed by atoms with E-state index in [1.165, 1.54) is 0 Å². The molecule has 0 aromatic rings. The van der Waals surface area contributed by atoms with E-state index in [0.29, 0.717) is 19.2 Å². The van der Waals surface area contributed by atoms with E-state index in [9.17, 15) is 4.79 Å². The number of nitrogens with zero attached hydrogens (tertiary/aromatic N) is 2. The SMILES string of the molecule is CCN(CC)C1CCN(C(=O)COCCN)CC1. The first kappa shape index (κ1) is 15.4.